The number of halogens is 1. The summed E-state index contributed by atoms with van der Waals surface area (Å²) in [5.41, 5.74) is 0.956. The maximum absolute atomic E-state index is 13.7. The first-order valence-corrected chi connectivity index (χ1v) is 8.10. The zero-order chi connectivity index (χ0) is 15.5. The van der Waals surface area contributed by atoms with E-state index in [1.54, 1.807) is 18.2 Å². The summed E-state index contributed by atoms with van der Waals surface area (Å²) in [5.74, 6) is -1.30. The van der Waals surface area contributed by atoms with Crippen LogP contribution in [0.25, 0.3) is 10.6 Å². The number of carbonyl (C=O) groups is 1. The molecule has 0 saturated heterocycles. The highest BCUT2D eigenvalue weighted by Crippen LogP contribution is 2.35. The number of thiophene rings is 1. The minimum Gasteiger partial charge on any atom is -0.481 e. The Bertz CT molecular complexity index is 800. The average Bonchev–Trinajstić information content (AvgIpc) is 3.10. The van der Waals surface area contributed by atoms with Gasteiger partial charge >= 0.3 is 5.97 Å². The van der Waals surface area contributed by atoms with Crippen molar-refractivity contribution < 1.29 is 14.3 Å². The van der Waals surface area contributed by atoms with Crippen LogP contribution < -0.4 is 5.32 Å². The second-order valence-electron chi connectivity index (χ2n) is 4.44. The van der Waals surface area contributed by atoms with Crippen LogP contribution in [0.4, 0.5) is 15.2 Å². The number of rotatable bonds is 5. The molecule has 0 spiro atoms. The normalized spacial score (nSPS) is 10.6. The summed E-state index contributed by atoms with van der Waals surface area (Å²) in [6.07, 6.45) is -0.107. The third-order valence-corrected chi connectivity index (χ3v) is 4.73. The van der Waals surface area contributed by atoms with E-state index in [1.165, 1.54) is 28.7 Å². The van der Waals surface area contributed by atoms with Crippen molar-refractivity contribution in [3.05, 3.63) is 52.5 Å². The van der Waals surface area contributed by atoms with Crippen molar-refractivity contribution >= 4 is 39.5 Å². The molecule has 0 aliphatic carbocycles. The number of thiazole rings is 1. The molecular formula is C15H11FN2O2S2. The number of aromatic nitrogens is 1. The maximum atomic E-state index is 13.7. The zero-order valence-corrected chi connectivity index (χ0v) is 12.9. The fraction of sp³-hybridized carbons (Fsp3) is 0.0667. The van der Waals surface area contributed by atoms with Crippen LogP contribution >= 0.6 is 22.7 Å². The topological polar surface area (TPSA) is 62.2 Å². The average molecular weight is 334 g/mol. The molecule has 0 amide bonds. The molecule has 0 aliphatic rings. The lowest BCUT2D eigenvalue weighted by Crippen LogP contribution is -1.98. The van der Waals surface area contributed by atoms with Gasteiger partial charge in [0.1, 0.15) is 5.82 Å². The van der Waals surface area contributed by atoms with Crippen molar-refractivity contribution in [2.75, 3.05) is 5.32 Å². The summed E-state index contributed by atoms with van der Waals surface area (Å²) in [6.45, 7) is 0. The van der Waals surface area contributed by atoms with Gasteiger partial charge in [0.2, 0.25) is 0 Å². The molecule has 0 bridgehead atoms. The Morgan fingerprint density at radius 2 is 2.09 bits per heavy atom. The summed E-state index contributed by atoms with van der Waals surface area (Å²) in [7, 11) is 0. The molecule has 1 aromatic carbocycles. The van der Waals surface area contributed by atoms with E-state index < -0.39 is 5.97 Å². The van der Waals surface area contributed by atoms with Gasteiger partial charge in [-0.3, -0.25) is 4.79 Å². The molecule has 22 heavy (non-hydrogen) atoms. The molecule has 0 aliphatic heterocycles. The fourth-order valence-electron chi connectivity index (χ4n) is 1.95. The maximum Gasteiger partial charge on any atom is 0.308 e. The first-order chi connectivity index (χ1) is 10.6. The number of hydrogen-bond acceptors (Lipinski definition) is 5. The van der Waals surface area contributed by atoms with E-state index in [9.17, 15) is 9.18 Å². The lowest BCUT2D eigenvalue weighted by molar-refractivity contribution is -0.136. The van der Waals surface area contributed by atoms with E-state index in [1.807, 2.05) is 17.5 Å². The van der Waals surface area contributed by atoms with Gasteiger partial charge in [-0.25, -0.2) is 9.37 Å². The standard InChI is InChI=1S/C15H11FN2O2S2/c16-9-4-1-2-5-10(9)17-15-18-14(11-6-3-7-21-11)12(22-15)8-13(19)20/h1-7H,8H2,(H,17,18)(H,19,20). The fourth-order valence-corrected chi connectivity index (χ4v) is 3.73. The molecule has 7 heteroatoms. The van der Waals surface area contributed by atoms with Crippen molar-refractivity contribution in [3.63, 3.8) is 0 Å². The van der Waals surface area contributed by atoms with Crippen LogP contribution in [0, 0.1) is 5.82 Å². The Balaban J connectivity index is 1.96. The van der Waals surface area contributed by atoms with E-state index in [0.29, 0.717) is 21.4 Å². The van der Waals surface area contributed by atoms with Gasteiger partial charge in [0.25, 0.3) is 0 Å². The van der Waals surface area contributed by atoms with Crippen LogP contribution in [0.3, 0.4) is 0 Å². The monoisotopic (exact) mass is 334 g/mol. The molecule has 0 fully saturated rings. The third-order valence-electron chi connectivity index (χ3n) is 2.88. The van der Waals surface area contributed by atoms with Gasteiger partial charge in [-0.05, 0) is 23.6 Å². The Hall–Kier alpha value is -2.25. The first-order valence-electron chi connectivity index (χ1n) is 6.40. The number of anilines is 2. The first kappa shape index (κ1) is 14.7. The predicted octanol–water partition coefficient (Wildman–Crippen LogP) is 4.38. The van der Waals surface area contributed by atoms with Gasteiger partial charge < -0.3 is 10.4 Å². The molecule has 0 saturated carbocycles. The second kappa shape index (κ2) is 6.25. The van der Waals surface area contributed by atoms with Crippen LogP contribution in [0.1, 0.15) is 4.88 Å². The number of aliphatic carboxylic acids is 1. The number of nitrogens with one attached hydrogen (secondary N) is 1. The molecular weight excluding hydrogens is 323 g/mol. The van der Waals surface area contributed by atoms with Crippen molar-refractivity contribution in [2.24, 2.45) is 0 Å². The van der Waals surface area contributed by atoms with E-state index >= 15 is 0 Å². The molecule has 2 N–H and O–H groups in total. The Labute approximate surface area is 133 Å². The lowest BCUT2D eigenvalue weighted by Gasteiger charge is -2.02. The number of benzene rings is 1. The largest absolute Gasteiger partial charge is 0.481 e. The van der Waals surface area contributed by atoms with E-state index in [-0.39, 0.29) is 12.2 Å². The van der Waals surface area contributed by atoms with Crippen molar-refractivity contribution in [1.82, 2.24) is 4.98 Å². The Kier molecular flexibility index (Phi) is 4.17. The predicted molar refractivity (Wildman–Crippen MR) is 86.4 cm³/mol. The highest BCUT2D eigenvalue weighted by molar-refractivity contribution is 7.17. The smallest absolute Gasteiger partial charge is 0.308 e. The summed E-state index contributed by atoms with van der Waals surface area (Å²) < 4.78 is 13.7. The summed E-state index contributed by atoms with van der Waals surface area (Å²) in [6, 6.07) is 10.1. The lowest BCUT2D eigenvalue weighted by atomic mass is 10.2. The molecule has 0 unspecified atom stereocenters. The number of carboxylic acid groups (broad SMARTS) is 1. The van der Waals surface area contributed by atoms with Crippen LogP contribution in [-0.2, 0) is 11.2 Å². The highest BCUT2D eigenvalue weighted by atomic mass is 32.1. The van der Waals surface area contributed by atoms with E-state index in [2.05, 4.69) is 10.3 Å². The molecule has 0 atom stereocenters. The molecule has 112 valence electrons. The minimum absolute atomic E-state index is 0.107. The zero-order valence-electron chi connectivity index (χ0n) is 11.2. The third kappa shape index (κ3) is 3.15. The number of hydrogen-bond donors (Lipinski definition) is 2. The summed E-state index contributed by atoms with van der Waals surface area (Å²) >= 11 is 2.72. The van der Waals surface area contributed by atoms with Crippen molar-refractivity contribution in [1.29, 1.82) is 0 Å². The number of carboxylic acids is 1. The van der Waals surface area contributed by atoms with Crippen molar-refractivity contribution in [2.45, 2.75) is 6.42 Å². The van der Waals surface area contributed by atoms with Crippen LogP contribution in [0.15, 0.2) is 41.8 Å². The summed E-state index contributed by atoms with van der Waals surface area (Å²) in [5, 5.41) is 14.3. The molecule has 4 nitrogen and oxygen atoms in total. The van der Waals surface area contributed by atoms with Gasteiger partial charge in [-0.1, -0.05) is 18.2 Å². The molecule has 0 radical (unpaired) electrons. The van der Waals surface area contributed by atoms with Gasteiger partial charge in [0.15, 0.2) is 5.13 Å². The van der Waals surface area contributed by atoms with Gasteiger partial charge in [-0.15, -0.1) is 22.7 Å². The van der Waals surface area contributed by atoms with Gasteiger partial charge in [-0.2, -0.15) is 0 Å². The SMILES string of the molecule is O=C(O)Cc1sc(Nc2ccccc2F)nc1-c1cccs1. The molecule has 2 heterocycles. The molecule has 2 aromatic heterocycles. The summed E-state index contributed by atoms with van der Waals surface area (Å²) in [4.78, 5) is 17.0. The van der Waals surface area contributed by atoms with Gasteiger partial charge in [0.05, 0.1) is 22.7 Å². The Morgan fingerprint density at radius 3 is 2.77 bits per heavy atom. The van der Waals surface area contributed by atoms with E-state index in [0.717, 1.165) is 4.88 Å². The quantitative estimate of drug-likeness (QED) is 0.727. The second-order valence-corrected chi connectivity index (χ2v) is 6.47. The van der Waals surface area contributed by atoms with Crippen molar-refractivity contribution in [3.8, 4) is 10.6 Å². The molecule has 3 rings (SSSR count). The highest BCUT2D eigenvalue weighted by Gasteiger charge is 2.17. The molecule has 3 aromatic rings. The minimum atomic E-state index is -0.918. The number of para-hydroxylation sites is 1. The van der Waals surface area contributed by atoms with E-state index in [4.69, 9.17) is 5.11 Å². The number of nitrogens with zero attached hydrogens (tertiary/aromatic N) is 1. The van der Waals surface area contributed by atoms with Gasteiger partial charge in [0, 0.05) is 4.88 Å². The van der Waals surface area contributed by atoms with Crippen LogP contribution in [-0.4, -0.2) is 16.1 Å². The Morgan fingerprint density at radius 1 is 1.27 bits per heavy atom. The van der Waals surface area contributed by atoms with Crippen LogP contribution in [0.5, 0.6) is 0 Å². The van der Waals surface area contributed by atoms with Crippen LogP contribution in [0.2, 0.25) is 0 Å².